The molecule has 1 atom stereocenters. The van der Waals surface area contributed by atoms with E-state index in [0.717, 1.165) is 13.0 Å². The largest absolute Gasteiger partial charge is 0.367 e. The summed E-state index contributed by atoms with van der Waals surface area (Å²) in [6.45, 7) is 4.93. The second-order valence-corrected chi connectivity index (χ2v) is 5.34. The van der Waals surface area contributed by atoms with E-state index in [9.17, 15) is 0 Å². The second-order valence-electron chi connectivity index (χ2n) is 5.34. The molecule has 0 aliphatic rings. The molecule has 0 aromatic rings. The molecule has 0 aromatic carbocycles. The van der Waals surface area contributed by atoms with E-state index in [2.05, 4.69) is 12.2 Å². The van der Waals surface area contributed by atoms with Crippen LogP contribution in [-0.2, 0) is 0 Å². The van der Waals surface area contributed by atoms with E-state index in [1.165, 1.54) is 57.8 Å². The van der Waals surface area contributed by atoms with E-state index in [4.69, 9.17) is 10.2 Å². The van der Waals surface area contributed by atoms with Crippen molar-refractivity contribution in [3.63, 3.8) is 0 Å². The lowest BCUT2D eigenvalue weighted by Gasteiger charge is -2.15. The van der Waals surface area contributed by atoms with Crippen LogP contribution >= 0.6 is 17.0 Å². The van der Waals surface area contributed by atoms with Gasteiger partial charge < -0.3 is 15.5 Å². The molecule has 0 heterocycles. The first-order chi connectivity index (χ1) is 8.68. The average molecular weight is 340 g/mol. The number of nitrogens with one attached hydrogen (secondary N) is 1. The van der Waals surface area contributed by atoms with E-state index in [-0.39, 0.29) is 23.0 Å². The van der Waals surface area contributed by atoms with Gasteiger partial charge >= 0.3 is 0 Å². The van der Waals surface area contributed by atoms with Gasteiger partial charge in [-0.15, -0.1) is 17.0 Å². The number of halogens is 1. The summed E-state index contributed by atoms with van der Waals surface area (Å²) in [6, 6.07) is -0.219. The lowest BCUT2D eigenvalue weighted by atomic mass is 10.1. The Hall–Kier alpha value is 0.360. The molecule has 0 rings (SSSR count). The van der Waals surface area contributed by atoms with Gasteiger partial charge in [0, 0.05) is 0 Å². The van der Waals surface area contributed by atoms with Gasteiger partial charge in [0.15, 0.2) is 6.29 Å². The Morgan fingerprint density at radius 1 is 0.789 bits per heavy atom. The fourth-order valence-corrected chi connectivity index (χ4v) is 2.05. The lowest BCUT2D eigenvalue weighted by Crippen LogP contribution is -2.37. The molecule has 3 nitrogen and oxygen atoms in total. The molecular weight excluding hydrogens is 306 g/mol. The maximum atomic E-state index is 8.88. The normalized spacial score (nSPS) is 12.5. The van der Waals surface area contributed by atoms with E-state index in [1.807, 2.05) is 0 Å². The summed E-state index contributed by atoms with van der Waals surface area (Å²) in [5.41, 5.74) is 0. The fourth-order valence-electron chi connectivity index (χ4n) is 2.05. The van der Waals surface area contributed by atoms with Gasteiger partial charge in [0.2, 0.25) is 0 Å². The first-order valence-corrected chi connectivity index (χ1v) is 7.78. The summed E-state index contributed by atoms with van der Waals surface area (Å²) in [6.07, 6.45) is 12.1. The van der Waals surface area contributed by atoms with Crippen molar-refractivity contribution in [1.82, 2.24) is 5.32 Å². The third-order valence-corrected chi connectivity index (χ3v) is 3.44. The minimum atomic E-state index is -1.24. The van der Waals surface area contributed by atoms with Crippen LogP contribution in [-0.4, -0.2) is 29.1 Å². The molecule has 0 aliphatic heterocycles. The van der Waals surface area contributed by atoms with Crippen molar-refractivity contribution in [3.05, 3.63) is 0 Å². The summed E-state index contributed by atoms with van der Waals surface area (Å²) >= 11 is 0. The Morgan fingerprint density at radius 3 is 1.63 bits per heavy atom. The molecule has 0 aliphatic carbocycles. The zero-order valence-corrected chi connectivity index (χ0v) is 14.4. The molecule has 19 heavy (non-hydrogen) atoms. The van der Waals surface area contributed by atoms with Gasteiger partial charge in [0.1, 0.15) is 0 Å². The molecule has 4 heteroatoms. The van der Waals surface area contributed by atoms with Crippen LogP contribution in [0.25, 0.3) is 0 Å². The molecule has 0 bridgehead atoms. The van der Waals surface area contributed by atoms with Gasteiger partial charge in [-0.25, -0.2) is 0 Å². The van der Waals surface area contributed by atoms with Gasteiger partial charge in [-0.3, -0.25) is 0 Å². The van der Waals surface area contributed by atoms with Crippen molar-refractivity contribution < 1.29 is 10.2 Å². The molecule has 0 aromatic heterocycles. The highest BCUT2D eigenvalue weighted by atomic mass is 79.9. The van der Waals surface area contributed by atoms with Crippen LogP contribution in [0.4, 0.5) is 0 Å². The summed E-state index contributed by atoms with van der Waals surface area (Å²) in [7, 11) is 0. The Labute approximate surface area is 129 Å². The molecule has 0 amide bonds. The zero-order chi connectivity index (χ0) is 13.6. The Kier molecular flexibility index (Phi) is 18.7. The minimum absolute atomic E-state index is 0. The van der Waals surface area contributed by atoms with Gasteiger partial charge in [0.25, 0.3) is 0 Å². The Bertz CT molecular complexity index is 168. The van der Waals surface area contributed by atoms with Crippen LogP contribution in [0.3, 0.4) is 0 Å². The molecule has 0 radical (unpaired) electrons. The van der Waals surface area contributed by atoms with E-state index in [1.54, 1.807) is 6.92 Å². The number of aliphatic hydroxyl groups is 2. The fraction of sp³-hybridized carbons (Fsp3) is 1.00. The molecule has 0 saturated carbocycles. The van der Waals surface area contributed by atoms with E-state index in [0.29, 0.717) is 0 Å². The summed E-state index contributed by atoms with van der Waals surface area (Å²) in [5.74, 6) is 0. The van der Waals surface area contributed by atoms with Gasteiger partial charge in [-0.2, -0.15) is 0 Å². The van der Waals surface area contributed by atoms with Crippen LogP contribution in [0.1, 0.15) is 78.1 Å². The zero-order valence-electron chi connectivity index (χ0n) is 12.7. The maximum absolute atomic E-state index is 8.88. The maximum Gasteiger partial charge on any atom is 0.166 e. The lowest BCUT2D eigenvalue weighted by molar-refractivity contribution is -0.0623. The minimum Gasteiger partial charge on any atom is -0.367 e. The Morgan fingerprint density at radius 2 is 1.21 bits per heavy atom. The van der Waals surface area contributed by atoms with Gasteiger partial charge in [-0.1, -0.05) is 64.7 Å². The molecule has 0 fully saturated rings. The van der Waals surface area contributed by atoms with Gasteiger partial charge in [0.05, 0.1) is 6.04 Å². The predicted octanol–water partition coefficient (Wildman–Crippen LogP) is 3.77. The highest BCUT2D eigenvalue weighted by Crippen LogP contribution is 2.10. The first-order valence-electron chi connectivity index (χ1n) is 7.78. The number of unbranched alkanes of at least 4 members (excludes halogenated alkanes) is 9. The van der Waals surface area contributed by atoms with Crippen molar-refractivity contribution in [2.24, 2.45) is 0 Å². The van der Waals surface area contributed by atoms with Crippen molar-refractivity contribution in [2.75, 3.05) is 6.54 Å². The molecule has 3 N–H and O–H groups in total. The van der Waals surface area contributed by atoms with E-state index >= 15 is 0 Å². The monoisotopic (exact) mass is 339 g/mol. The van der Waals surface area contributed by atoms with Crippen molar-refractivity contribution >= 4 is 17.0 Å². The summed E-state index contributed by atoms with van der Waals surface area (Å²) in [4.78, 5) is 0. The third-order valence-electron chi connectivity index (χ3n) is 3.44. The molecule has 0 saturated heterocycles. The Balaban J connectivity index is 0. The van der Waals surface area contributed by atoms with Crippen LogP contribution in [0.5, 0.6) is 0 Å². The first kappa shape index (κ1) is 21.7. The van der Waals surface area contributed by atoms with Crippen LogP contribution in [0.15, 0.2) is 0 Å². The van der Waals surface area contributed by atoms with Crippen LogP contribution in [0, 0.1) is 0 Å². The quantitative estimate of drug-likeness (QED) is 0.353. The predicted molar refractivity (Wildman–Crippen MR) is 87.9 cm³/mol. The number of hydrogen-bond acceptors (Lipinski definition) is 3. The highest BCUT2D eigenvalue weighted by molar-refractivity contribution is 8.93. The SMILES string of the molecule is Br.CCCCCCCCCCCCNC(C)C(O)O. The second kappa shape index (κ2) is 16.4. The van der Waals surface area contributed by atoms with Crippen LogP contribution < -0.4 is 5.32 Å². The molecular formula is C15H34BrNO2. The van der Waals surface area contributed by atoms with E-state index < -0.39 is 6.29 Å². The highest BCUT2D eigenvalue weighted by Gasteiger charge is 2.07. The average Bonchev–Trinajstić information content (AvgIpc) is 2.35. The molecule has 1 unspecified atom stereocenters. The summed E-state index contributed by atoms with van der Waals surface area (Å²) in [5, 5.41) is 20.9. The smallest absolute Gasteiger partial charge is 0.166 e. The molecule has 0 spiro atoms. The topological polar surface area (TPSA) is 52.5 Å². The van der Waals surface area contributed by atoms with Gasteiger partial charge in [-0.05, 0) is 19.9 Å². The van der Waals surface area contributed by atoms with Crippen LogP contribution in [0.2, 0.25) is 0 Å². The van der Waals surface area contributed by atoms with Crippen molar-refractivity contribution in [1.29, 1.82) is 0 Å². The number of aliphatic hydroxyl groups excluding tert-OH is 1. The van der Waals surface area contributed by atoms with Crippen molar-refractivity contribution in [3.8, 4) is 0 Å². The standard InChI is InChI=1S/C15H33NO2.BrH/c1-3-4-5-6-7-8-9-10-11-12-13-16-14(2)15(17)18;/h14-18H,3-13H2,1-2H3;1H. The number of hydrogen-bond donors (Lipinski definition) is 3. The third kappa shape index (κ3) is 16.3. The molecule has 118 valence electrons. The van der Waals surface area contributed by atoms with Crippen molar-refractivity contribution in [2.45, 2.75) is 90.4 Å². The number of rotatable bonds is 13. The summed E-state index contributed by atoms with van der Waals surface area (Å²) < 4.78 is 0.